The summed E-state index contributed by atoms with van der Waals surface area (Å²) in [5, 5.41) is 10.9. The molecular weight excluding hydrogens is 394 g/mol. The summed E-state index contributed by atoms with van der Waals surface area (Å²) in [7, 11) is 1.69. The standard InChI is InChI=1S/C21H18ClN3O2S/c1-26-19-7-3-2-6-18(19)15-5-4-12-25(13-15)21-24-23-20(28-21)14-27-17-10-8-16(22)9-11-17/h2-12H,13-14H2,1H3. The van der Waals surface area contributed by atoms with Crippen molar-refractivity contribution in [1.82, 2.24) is 10.2 Å². The number of anilines is 1. The average Bonchev–Trinajstić information content (AvgIpc) is 3.22. The molecule has 0 aliphatic carbocycles. The Balaban J connectivity index is 1.43. The summed E-state index contributed by atoms with van der Waals surface area (Å²) < 4.78 is 11.2. The predicted octanol–water partition coefficient (Wildman–Crippen LogP) is 5.20. The largest absolute Gasteiger partial charge is 0.496 e. The number of ether oxygens (including phenoxy) is 2. The predicted molar refractivity (Wildman–Crippen MR) is 113 cm³/mol. The maximum Gasteiger partial charge on any atom is 0.212 e. The van der Waals surface area contributed by atoms with Crippen molar-refractivity contribution in [2.75, 3.05) is 18.6 Å². The van der Waals surface area contributed by atoms with Crippen molar-refractivity contribution in [3.8, 4) is 11.5 Å². The first-order valence-electron chi connectivity index (χ1n) is 8.71. The van der Waals surface area contributed by atoms with Gasteiger partial charge < -0.3 is 14.4 Å². The van der Waals surface area contributed by atoms with Crippen molar-refractivity contribution in [3.05, 3.63) is 82.5 Å². The normalized spacial score (nSPS) is 13.4. The van der Waals surface area contributed by atoms with Crippen molar-refractivity contribution in [1.29, 1.82) is 0 Å². The Labute approximate surface area is 172 Å². The number of benzene rings is 2. The van der Waals surface area contributed by atoms with Gasteiger partial charge in [0.1, 0.15) is 18.1 Å². The number of rotatable bonds is 6. The van der Waals surface area contributed by atoms with E-state index >= 15 is 0 Å². The molecular formula is C21H18ClN3O2S. The third-order valence-electron chi connectivity index (χ3n) is 4.23. The molecule has 1 aliphatic heterocycles. The summed E-state index contributed by atoms with van der Waals surface area (Å²) in [5.41, 5.74) is 2.24. The van der Waals surface area contributed by atoms with Crippen LogP contribution in [0.15, 0.2) is 66.9 Å². The monoisotopic (exact) mass is 411 g/mol. The van der Waals surface area contributed by atoms with Crippen LogP contribution in [0.3, 0.4) is 0 Å². The van der Waals surface area contributed by atoms with Gasteiger partial charge in [-0.15, -0.1) is 10.2 Å². The zero-order valence-corrected chi connectivity index (χ0v) is 16.8. The van der Waals surface area contributed by atoms with Gasteiger partial charge in [-0.1, -0.05) is 47.2 Å². The minimum Gasteiger partial charge on any atom is -0.496 e. The third kappa shape index (κ3) is 4.18. The second kappa shape index (κ2) is 8.46. The molecule has 0 bridgehead atoms. The van der Waals surface area contributed by atoms with Crippen molar-refractivity contribution < 1.29 is 9.47 Å². The van der Waals surface area contributed by atoms with E-state index in [2.05, 4.69) is 27.2 Å². The van der Waals surface area contributed by atoms with Crippen LogP contribution in [0.5, 0.6) is 11.5 Å². The van der Waals surface area contributed by atoms with E-state index in [-0.39, 0.29) is 0 Å². The Morgan fingerprint density at radius 3 is 2.75 bits per heavy atom. The summed E-state index contributed by atoms with van der Waals surface area (Å²) in [5.74, 6) is 1.61. The van der Waals surface area contributed by atoms with Crippen LogP contribution < -0.4 is 14.4 Å². The molecule has 2 aromatic carbocycles. The number of hydrogen-bond acceptors (Lipinski definition) is 6. The first kappa shape index (κ1) is 18.5. The lowest BCUT2D eigenvalue weighted by atomic mass is 10.0. The highest BCUT2D eigenvalue weighted by molar-refractivity contribution is 7.15. The van der Waals surface area contributed by atoms with Crippen LogP contribution in [0.4, 0.5) is 5.13 Å². The molecule has 2 heterocycles. The number of aromatic nitrogens is 2. The van der Waals surface area contributed by atoms with Crippen LogP contribution in [0.1, 0.15) is 10.6 Å². The molecule has 4 rings (SSSR count). The molecule has 1 aromatic heterocycles. The van der Waals surface area contributed by atoms with Crippen LogP contribution >= 0.6 is 22.9 Å². The van der Waals surface area contributed by atoms with Gasteiger partial charge in [-0.3, -0.25) is 0 Å². The smallest absolute Gasteiger partial charge is 0.212 e. The van der Waals surface area contributed by atoms with Gasteiger partial charge >= 0.3 is 0 Å². The first-order chi connectivity index (χ1) is 13.7. The number of para-hydroxylation sites is 1. The fourth-order valence-corrected chi connectivity index (χ4v) is 3.72. The van der Waals surface area contributed by atoms with E-state index in [1.54, 1.807) is 19.2 Å². The van der Waals surface area contributed by atoms with Crippen molar-refractivity contribution in [3.63, 3.8) is 0 Å². The Kier molecular flexibility index (Phi) is 5.60. The van der Waals surface area contributed by atoms with Crippen molar-refractivity contribution >= 4 is 33.6 Å². The summed E-state index contributed by atoms with van der Waals surface area (Å²) in [6.45, 7) is 1.07. The lowest BCUT2D eigenvalue weighted by molar-refractivity contribution is 0.304. The van der Waals surface area contributed by atoms with E-state index in [9.17, 15) is 0 Å². The maximum absolute atomic E-state index is 5.89. The topological polar surface area (TPSA) is 47.5 Å². The minimum atomic E-state index is 0.367. The lowest BCUT2D eigenvalue weighted by Crippen LogP contribution is -2.20. The average molecular weight is 412 g/mol. The van der Waals surface area contributed by atoms with Crippen LogP contribution in [-0.2, 0) is 6.61 Å². The van der Waals surface area contributed by atoms with E-state index in [0.717, 1.165) is 32.8 Å². The second-order valence-electron chi connectivity index (χ2n) is 6.08. The van der Waals surface area contributed by atoms with Gasteiger partial charge in [-0.25, -0.2) is 0 Å². The third-order valence-corrected chi connectivity index (χ3v) is 5.42. The molecule has 5 nitrogen and oxygen atoms in total. The highest BCUT2D eigenvalue weighted by Gasteiger charge is 2.17. The van der Waals surface area contributed by atoms with Gasteiger partial charge in [-0.05, 0) is 42.0 Å². The van der Waals surface area contributed by atoms with Gasteiger partial charge in [0, 0.05) is 16.8 Å². The summed E-state index contributed by atoms with van der Waals surface area (Å²) in [6, 6.07) is 15.3. The van der Waals surface area contributed by atoms with E-state index in [1.165, 1.54) is 11.3 Å². The van der Waals surface area contributed by atoms with Crippen LogP contribution in [-0.4, -0.2) is 23.9 Å². The van der Waals surface area contributed by atoms with Crippen LogP contribution in [0.2, 0.25) is 5.02 Å². The van der Waals surface area contributed by atoms with E-state index in [1.807, 2.05) is 42.6 Å². The molecule has 142 valence electrons. The highest BCUT2D eigenvalue weighted by atomic mass is 35.5. The summed E-state index contributed by atoms with van der Waals surface area (Å²) in [6.07, 6.45) is 6.11. The zero-order valence-electron chi connectivity index (χ0n) is 15.2. The van der Waals surface area contributed by atoms with Crippen molar-refractivity contribution in [2.24, 2.45) is 0 Å². The van der Waals surface area contributed by atoms with E-state index in [4.69, 9.17) is 21.1 Å². The Morgan fingerprint density at radius 2 is 1.93 bits per heavy atom. The molecule has 3 aromatic rings. The molecule has 0 atom stereocenters. The molecule has 0 N–H and O–H groups in total. The Bertz CT molecular complexity index is 1010. The van der Waals surface area contributed by atoms with E-state index in [0.29, 0.717) is 18.2 Å². The fourth-order valence-electron chi connectivity index (χ4n) is 2.86. The highest BCUT2D eigenvalue weighted by Crippen LogP contribution is 2.31. The molecule has 0 saturated carbocycles. The number of nitrogens with zero attached hydrogens (tertiary/aromatic N) is 3. The number of hydrogen-bond donors (Lipinski definition) is 0. The quantitative estimate of drug-likeness (QED) is 0.558. The number of halogens is 1. The molecule has 28 heavy (non-hydrogen) atoms. The Hall–Kier alpha value is -2.83. The summed E-state index contributed by atoms with van der Waals surface area (Å²) in [4.78, 5) is 2.07. The summed E-state index contributed by atoms with van der Waals surface area (Å²) >= 11 is 7.40. The van der Waals surface area contributed by atoms with Gasteiger partial charge in [0.25, 0.3) is 0 Å². The molecule has 0 radical (unpaired) electrons. The van der Waals surface area contributed by atoms with Crippen LogP contribution in [0.25, 0.3) is 5.57 Å². The fraction of sp³-hybridized carbons (Fsp3) is 0.143. The van der Waals surface area contributed by atoms with Crippen LogP contribution in [0, 0.1) is 0 Å². The molecule has 0 saturated heterocycles. The SMILES string of the molecule is COc1ccccc1C1=CC=CN(c2nnc(COc3ccc(Cl)cc3)s2)C1. The molecule has 0 amide bonds. The number of allylic oxidation sites excluding steroid dienone is 2. The molecule has 0 fully saturated rings. The Morgan fingerprint density at radius 1 is 1.11 bits per heavy atom. The molecule has 7 heteroatoms. The van der Waals surface area contributed by atoms with Gasteiger partial charge in [0.2, 0.25) is 5.13 Å². The maximum atomic E-state index is 5.89. The zero-order chi connectivity index (χ0) is 19.3. The first-order valence-corrected chi connectivity index (χ1v) is 9.90. The lowest BCUT2D eigenvalue weighted by Gasteiger charge is -2.22. The van der Waals surface area contributed by atoms with Gasteiger partial charge in [0.05, 0.1) is 13.7 Å². The van der Waals surface area contributed by atoms with Crippen molar-refractivity contribution in [2.45, 2.75) is 6.61 Å². The van der Waals surface area contributed by atoms with Gasteiger partial charge in [-0.2, -0.15) is 0 Å². The van der Waals surface area contributed by atoms with Gasteiger partial charge in [0.15, 0.2) is 5.01 Å². The second-order valence-corrected chi connectivity index (χ2v) is 7.56. The molecule has 1 aliphatic rings. The van der Waals surface area contributed by atoms with E-state index < -0.39 is 0 Å². The molecule has 0 unspecified atom stereocenters. The molecule has 0 spiro atoms. The minimum absolute atomic E-state index is 0.367. The number of methoxy groups -OCH3 is 1.